The lowest BCUT2D eigenvalue weighted by molar-refractivity contribution is -0.146. The van der Waals surface area contributed by atoms with E-state index in [0.717, 1.165) is 11.2 Å². The van der Waals surface area contributed by atoms with Crippen molar-refractivity contribution in [3.63, 3.8) is 0 Å². The molecule has 1 aromatic carbocycles. The minimum atomic E-state index is -3.85. The molecule has 0 saturated carbocycles. The first-order valence-corrected chi connectivity index (χ1v) is 10.5. The maximum absolute atomic E-state index is 14.1. The van der Waals surface area contributed by atoms with E-state index in [2.05, 4.69) is 15.9 Å². The Bertz CT molecular complexity index is 830. The summed E-state index contributed by atoms with van der Waals surface area (Å²) in [5.41, 5.74) is 0.0119. The maximum atomic E-state index is 14.1. The third-order valence-electron chi connectivity index (χ3n) is 4.22. The molecule has 1 aromatic rings. The van der Waals surface area contributed by atoms with E-state index in [9.17, 15) is 22.4 Å². The molecule has 0 aromatic heterocycles. The van der Waals surface area contributed by atoms with Gasteiger partial charge in [-0.2, -0.15) is 0 Å². The van der Waals surface area contributed by atoms with Gasteiger partial charge in [0, 0.05) is 17.1 Å². The van der Waals surface area contributed by atoms with Crippen molar-refractivity contribution >= 4 is 43.5 Å². The van der Waals surface area contributed by atoms with Crippen molar-refractivity contribution < 1.29 is 31.9 Å². The van der Waals surface area contributed by atoms with Crippen LogP contribution in [0.5, 0.6) is 0 Å². The first-order valence-electron chi connectivity index (χ1n) is 7.79. The fourth-order valence-electron chi connectivity index (χ4n) is 2.63. The Balaban J connectivity index is 2.25. The van der Waals surface area contributed by atoms with E-state index in [-0.39, 0.29) is 25.3 Å². The zero-order valence-corrected chi connectivity index (χ0v) is 16.9. The second kappa shape index (κ2) is 7.51. The Morgan fingerprint density at radius 1 is 1.50 bits per heavy atom. The lowest BCUT2D eigenvalue weighted by Crippen LogP contribution is -2.47. The Kier molecular flexibility index (Phi) is 5.96. The van der Waals surface area contributed by atoms with Crippen LogP contribution >= 0.6 is 15.9 Å². The zero-order chi connectivity index (χ0) is 19.7. The van der Waals surface area contributed by atoms with E-state index in [1.807, 2.05) is 0 Å². The summed E-state index contributed by atoms with van der Waals surface area (Å²) in [6.45, 7) is 2.73. The van der Waals surface area contributed by atoms with Crippen molar-refractivity contribution in [3.05, 3.63) is 28.5 Å². The van der Waals surface area contributed by atoms with Crippen LogP contribution in [0, 0.1) is 5.82 Å². The molecule has 1 heterocycles. The first-order chi connectivity index (χ1) is 12.0. The minimum absolute atomic E-state index is 0.0119. The Morgan fingerprint density at radius 2 is 2.15 bits per heavy atom. The van der Waals surface area contributed by atoms with E-state index in [4.69, 9.17) is 9.47 Å². The molecule has 1 aliphatic heterocycles. The molecule has 2 rings (SSSR count). The molecule has 10 heteroatoms. The molecule has 0 bridgehead atoms. The van der Waals surface area contributed by atoms with Crippen LogP contribution in [-0.2, 0) is 24.1 Å². The van der Waals surface area contributed by atoms with Gasteiger partial charge in [-0.1, -0.05) is 15.9 Å². The number of carbonyl (C=O) groups excluding carboxylic acids is 2. The summed E-state index contributed by atoms with van der Waals surface area (Å²) >= 11 is 3.13. The average molecular weight is 452 g/mol. The molecule has 0 radical (unpaired) electrons. The average Bonchev–Trinajstić information content (AvgIpc) is 2.86. The van der Waals surface area contributed by atoms with Crippen molar-refractivity contribution in [1.82, 2.24) is 0 Å². The van der Waals surface area contributed by atoms with Crippen LogP contribution in [0.1, 0.15) is 20.3 Å². The highest BCUT2D eigenvalue weighted by molar-refractivity contribution is 9.10. The number of benzene rings is 1. The molecular weight excluding hydrogens is 433 g/mol. The number of amides is 1. The molecule has 0 N–H and O–H groups in total. The second-order valence-corrected chi connectivity index (χ2v) is 9.50. The number of carbonyl (C=O) groups is 2. The Hall–Kier alpha value is -1.68. The number of nitrogens with zero attached hydrogens (tertiary/aromatic N) is 1. The number of rotatable bonds is 6. The van der Waals surface area contributed by atoms with Gasteiger partial charge in [0.2, 0.25) is 0 Å². The summed E-state index contributed by atoms with van der Waals surface area (Å²) in [6.07, 6.45) is -1.08. The van der Waals surface area contributed by atoms with Crippen LogP contribution in [0.15, 0.2) is 22.7 Å². The third-order valence-corrected chi connectivity index (χ3v) is 6.68. The number of hydrogen-bond donors (Lipinski definition) is 0. The second-order valence-electron chi connectivity index (χ2n) is 6.14. The van der Waals surface area contributed by atoms with Crippen LogP contribution in [0.25, 0.3) is 0 Å². The topological polar surface area (TPSA) is 90.0 Å². The zero-order valence-electron chi connectivity index (χ0n) is 14.5. The number of anilines is 1. The van der Waals surface area contributed by atoms with Gasteiger partial charge in [0.15, 0.2) is 14.6 Å². The van der Waals surface area contributed by atoms with E-state index < -0.39 is 38.6 Å². The molecule has 144 valence electrons. The smallest absolute Gasteiger partial charge is 0.414 e. The van der Waals surface area contributed by atoms with Gasteiger partial charge in [-0.05, 0) is 32.0 Å². The number of sulfone groups is 1. The summed E-state index contributed by atoms with van der Waals surface area (Å²) in [4.78, 5) is 25.4. The van der Waals surface area contributed by atoms with Crippen LogP contribution in [-0.4, -0.2) is 50.7 Å². The summed E-state index contributed by atoms with van der Waals surface area (Å²) in [5, 5.41) is 0. The van der Waals surface area contributed by atoms with Gasteiger partial charge in [-0.15, -0.1) is 0 Å². The summed E-state index contributed by atoms with van der Waals surface area (Å²) in [5.74, 6) is -1.54. The van der Waals surface area contributed by atoms with E-state index in [1.54, 1.807) is 13.0 Å². The monoisotopic (exact) mass is 451 g/mol. The number of ether oxygens (including phenoxy) is 2. The molecule has 7 nitrogen and oxygen atoms in total. The lowest BCUT2D eigenvalue weighted by Gasteiger charge is -2.27. The van der Waals surface area contributed by atoms with Gasteiger partial charge >= 0.3 is 12.1 Å². The molecule has 2 atom stereocenters. The number of cyclic esters (lactones) is 1. The Morgan fingerprint density at radius 3 is 2.69 bits per heavy atom. The molecule has 26 heavy (non-hydrogen) atoms. The van der Waals surface area contributed by atoms with Crippen LogP contribution in [0.3, 0.4) is 0 Å². The summed E-state index contributed by atoms with van der Waals surface area (Å²) < 4.78 is 47.1. The molecular formula is C16H19BrFNO6S. The molecule has 1 amide bonds. The number of esters is 1. The van der Waals surface area contributed by atoms with Crippen LogP contribution < -0.4 is 4.90 Å². The number of halogens is 2. The van der Waals surface area contributed by atoms with E-state index >= 15 is 0 Å². The molecule has 0 aliphatic carbocycles. The molecule has 2 unspecified atom stereocenters. The fraction of sp³-hybridized carbons (Fsp3) is 0.500. The highest BCUT2D eigenvalue weighted by atomic mass is 79.9. The standard InChI is InChI=1S/C16H19BrFNO6S/c1-4-24-14(20)16(2,26(3,22)23)8-11-9-19(15(21)25-11)13-6-5-10(17)7-12(13)18/h5-7,11H,4,8-9H2,1-3H3. The third kappa shape index (κ3) is 4.01. The molecule has 1 aliphatic rings. The van der Waals surface area contributed by atoms with Crippen molar-refractivity contribution in [3.8, 4) is 0 Å². The first kappa shape index (κ1) is 20.6. The SMILES string of the molecule is CCOC(=O)C(C)(CC1CN(c2ccc(Br)cc2F)C(=O)O1)S(C)(=O)=O. The normalized spacial score (nSPS) is 19.8. The minimum Gasteiger partial charge on any atom is -0.465 e. The van der Waals surface area contributed by atoms with Crippen LogP contribution in [0.2, 0.25) is 0 Å². The van der Waals surface area contributed by atoms with Crippen LogP contribution in [0.4, 0.5) is 14.9 Å². The van der Waals surface area contributed by atoms with E-state index in [1.165, 1.54) is 19.1 Å². The predicted octanol–water partition coefficient (Wildman–Crippen LogP) is 2.67. The fourth-order valence-corrected chi connectivity index (χ4v) is 3.81. The van der Waals surface area contributed by atoms with Gasteiger partial charge in [0.25, 0.3) is 0 Å². The van der Waals surface area contributed by atoms with Gasteiger partial charge in [-0.3, -0.25) is 9.69 Å². The summed E-state index contributed by atoms with van der Waals surface area (Å²) in [6, 6.07) is 4.18. The highest BCUT2D eigenvalue weighted by Gasteiger charge is 2.49. The quantitative estimate of drug-likeness (QED) is 0.617. The highest BCUT2D eigenvalue weighted by Crippen LogP contribution is 2.32. The van der Waals surface area contributed by atoms with Crippen molar-refractivity contribution in [2.45, 2.75) is 31.1 Å². The largest absolute Gasteiger partial charge is 0.465 e. The van der Waals surface area contributed by atoms with Gasteiger partial charge in [-0.25, -0.2) is 17.6 Å². The van der Waals surface area contributed by atoms with Crippen molar-refractivity contribution in [2.75, 3.05) is 24.3 Å². The number of hydrogen-bond acceptors (Lipinski definition) is 6. The Labute approximate surface area is 159 Å². The van der Waals surface area contributed by atoms with Crippen molar-refractivity contribution in [1.29, 1.82) is 0 Å². The predicted molar refractivity (Wildman–Crippen MR) is 96.2 cm³/mol. The maximum Gasteiger partial charge on any atom is 0.414 e. The van der Waals surface area contributed by atoms with Gasteiger partial charge < -0.3 is 9.47 Å². The molecule has 1 fully saturated rings. The van der Waals surface area contributed by atoms with Crippen molar-refractivity contribution in [2.24, 2.45) is 0 Å². The lowest BCUT2D eigenvalue weighted by atomic mass is 10.0. The summed E-state index contributed by atoms with van der Waals surface area (Å²) in [7, 11) is -3.85. The van der Waals surface area contributed by atoms with Gasteiger partial charge in [0.05, 0.1) is 18.8 Å². The van der Waals surface area contributed by atoms with Gasteiger partial charge in [0.1, 0.15) is 11.9 Å². The molecule has 0 spiro atoms. The molecule has 1 saturated heterocycles. The van der Waals surface area contributed by atoms with E-state index in [0.29, 0.717) is 4.47 Å².